The fourth-order valence-corrected chi connectivity index (χ4v) is 1.78. The Bertz CT molecular complexity index is 150. The summed E-state index contributed by atoms with van der Waals surface area (Å²) in [7, 11) is 0. The van der Waals surface area contributed by atoms with E-state index in [2.05, 4.69) is 11.9 Å². The Labute approximate surface area is 83.7 Å². The van der Waals surface area contributed by atoms with Crippen molar-refractivity contribution < 1.29 is 4.74 Å². The molecule has 2 nitrogen and oxygen atoms in total. The highest BCUT2D eigenvalue weighted by molar-refractivity contribution is 8.23. The lowest BCUT2D eigenvalue weighted by Crippen LogP contribution is -2.20. The lowest BCUT2D eigenvalue weighted by atomic mass is 10.6. The third-order valence-electron chi connectivity index (χ3n) is 1.07. The molecule has 0 rings (SSSR count). The van der Waals surface area contributed by atoms with Crippen LogP contribution in [-0.2, 0) is 4.74 Å². The van der Waals surface area contributed by atoms with E-state index in [0.717, 1.165) is 10.9 Å². The Morgan fingerprint density at radius 3 is 3.00 bits per heavy atom. The Kier molecular flexibility index (Phi) is 7.54. The van der Waals surface area contributed by atoms with Gasteiger partial charge in [0.25, 0.3) is 0 Å². The van der Waals surface area contributed by atoms with E-state index < -0.39 is 0 Å². The molecule has 0 aliphatic rings. The molecule has 0 radical (unpaired) electrons. The van der Waals surface area contributed by atoms with E-state index in [0.29, 0.717) is 6.54 Å². The molecule has 0 aromatic carbocycles. The Hall–Kier alpha value is -0.0600. The number of nitrogens with one attached hydrogen (secondary N) is 1. The summed E-state index contributed by atoms with van der Waals surface area (Å²) in [6.07, 6.45) is 1.78. The van der Waals surface area contributed by atoms with Gasteiger partial charge < -0.3 is 10.1 Å². The molecule has 1 atom stereocenters. The van der Waals surface area contributed by atoms with Crippen LogP contribution in [0.5, 0.6) is 0 Å². The molecule has 0 spiro atoms. The number of thiocarbonyl (C=S) groups is 1. The maximum atomic E-state index is 5.30. The van der Waals surface area contributed by atoms with Crippen molar-refractivity contribution in [2.75, 3.05) is 13.2 Å². The fourth-order valence-electron chi connectivity index (χ4n) is 0.617. The minimum absolute atomic E-state index is 0.125. The van der Waals surface area contributed by atoms with Gasteiger partial charge in [-0.15, -0.1) is 6.58 Å². The van der Waals surface area contributed by atoms with E-state index in [1.807, 2.05) is 13.8 Å². The van der Waals surface area contributed by atoms with E-state index >= 15 is 0 Å². The molecule has 0 amide bonds. The van der Waals surface area contributed by atoms with E-state index in [-0.39, 0.29) is 5.44 Å². The smallest absolute Gasteiger partial charge is 0.136 e. The maximum absolute atomic E-state index is 5.30. The Balaban J connectivity index is 3.46. The lowest BCUT2D eigenvalue weighted by molar-refractivity contribution is 0.138. The summed E-state index contributed by atoms with van der Waals surface area (Å²) in [5, 5.41) is 3.02. The average molecular weight is 205 g/mol. The molecule has 0 aromatic heterocycles. The van der Waals surface area contributed by atoms with Gasteiger partial charge in [-0.3, -0.25) is 0 Å². The zero-order valence-corrected chi connectivity index (χ0v) is 9.13. The number of ether oxygens (including phenoxy) is 1. The van der Waals surface area contributed by atoms with Crippen LogP contribution in [0.25, 0.3) is 0 Å². The number of hydrogen-bond donors (Lipinski definition) is 1. The van der Waals surface area contributed by atoms with Crippen LogP contribution in [0.3, 0.4) is 0 Å². The van der Waals surface area contributed by atoms with Crippen molar-refractivity contribution in [2.45, 2.75) is 19.3 Å². The fraction of sp³-hybridized carbons (Fsp3) is 0.625. The van der Waals surface area contributed by atoms with E-state index in [1.54, 1.807) is 6.08 Å². The molecule has 0 aliphatic heterocycles. The second-order valence-electron chi connectivity index (χ2n) is 2.10. The van der Waals surface area contributed by atoms with Crippen molar-refractivity contribution in [3.05, 3.63) is 12.7 Å². The van der Waals surface area contributed by atoms with Gasteiger partial charge in [0.1, 0.15) is 9.76 Å². The first-order chi connectivity index (χ1) is 5.70. The van der Waals surface area contributed by atoms with Crippen LogP contribution >= 0.6 is 24.0 Å². The molecular formula is C8H15NOS2. The van der Waals surface area contributed by atoms with E-state index in [4.69, 9.17) is 17.0 Å². The summed E-state index contributed by atoms with van der Waals surface area (Å²) in [6.45, 7) is 8.97. The summed E-state index contributed by atoms with van der Waals surface area (Å²) in [5.41, 5.74) is 0.125. The largest absolute Gasteiger partial charge is 0.368 e. The minimum Gasteiger partial charge on any atom is -0.368 e. The minimum atomic E-state index is 0.125. The van der Waals surface area contributed by atoms with Gasteiger partial charge in [-0.25, -0.2) is 0 Å². The molecule has 0 aromatic rings. The Morgan fingerprint density at radius 2 is 2.50 bits per heavy atom. The number of hydrogen-bond acceptors (Lipinski definition) is 3. The maximum Gasteiger partial charge on any atom is 0.136 e. The standard InChI is InChI=1S/C8H15NOS2/c1-4-6-9-8(11)12-7(3)10-5-2/h4,7H,1,5-6H2,2-3H3,(H,9,11)/t7-/m0/s1. The zero-order chi connectivity index (χ0) is 9.40. The summed E-state index contributed by atoms with van der Waals surface area (Å²) in [5.74, 6) is 0. The highest BCUT2D eigenvalue weighted by atomic mass is 32.2. The molecule has 0 saturated carbocycles. The van der Waals surface area contributed by atoms with Crippen LogP contribution in [0.4, 0.5) is 0 Å². The van der Waals surface area contributed by atoms with Gasteiger partial charge in [-0.05, 0) is 13.8 Å². The second-order valence-corrected chi connectivity index (χ2v) is 4.07. The van der Waals surface area contributed by atoms with Crippen molar-refractivity contribution in [3.8, 4) is 0 Å². The monoisotopic (exact) mass is 205 g/mol. The van der Waals surface area contributed by atoms with Crippen molar-refractivity contribution in [3.63, 3.8) is 0 Å². The van der Waals surface area contributed by atoms with Crippen LogP contribution in [0, 0.1) is 0 Å². The summed E-state index contributed by atoms with van der Waals surface area (Å²) in [6, 6.07) is 0. The molecule has 0 bridgehead atoms. The molecule has 1 N–H and O–H groups in total. The molecule has 0 aliphatic carbocycles. The number of rotatable bonds is 5. The highest BCUT2D eigenvalue weighted by Crippen LogP contribution is 2.12. The molecule has 70 valence electrons. The predicted molar refractivity (Wildman–Crippen MR) is 59.5 cm³/mol. The van der Waals surface area contributed by atoms with Gasteiger partial charge in [0.15, 0.2) is 0 Å². The van der Waals surface area contributed by atoms with Crippen molar-refractivity contribution in [1.82, 2.24) is 5.32 Å². The highest BCUT2D eigenvalue weighted by Gasteiger charge is 2.04. The predicted octanol–water partition coefficient (Wildman–Crippen LogP) is 2.16. The van der Waals surface area contributed by atoms with Crippen LogP contribution in [0.15, 0.2) is 12.7 Å². The van der Waals surface area contributed by atoms with Gasteiger partial charge >= 0.3 is 0 Å². The molecule has 0 unspecified atom stereocenters. The summed E-state index contributed by atoms with van der Waals surface area (Å²) in [4.78, 5) is 0. The first-order valence-electron chi connectivity index (χ1n) is 3.87. The van der Waals surface area contributed by atoms with Crippen molar-refractivity contribution in [1.29, 1.82) is 0 Å². The van der Waals surface area contributed by atoms with Gasteiger partial charge in [0, 0.05) is 13.2 Å². The normalized spacial score (nSPS) is 12.2. The molecule has 0 fully saturated rings. The van der Waals surface area contributed by atoms with Crippen LogP contribution in [-0.4, -0.2) is 22.9 Å². The third kappa shape index (κ3) is 6.64. The molecule has 12 heavy (non-hydrogen) atoms. The third-order valence-corrected chi connectivity index (χ3v) is 2.32. The molecule has 0 saturated heterocycles. The molecular weight excluding hydrogens is 190 g/mol. The summed E-state index contributed by atoms with van der Waals surface area (Å²) >= 11 is 6.55. The van der Waals surface area contributed by atoms with Crippen LogP contribution in [0.1, 0.15) is 13.8 Å². The topological polar surface area (TPSA) is 21.3 Å². The van der Waals surface area contributed by atoms with Gasteiger partial charge in [-0.2, -0.15) is 0 Å². The van der Waals surface area contributed by atoms with Crippen molar-refractivity contribution in [2.24, 2.45) is 0 Å². The number of thioether (sulfide) groups is 1. The van der Waals surface area contributed by atoms with E-state index in [9.17, 15) is 0 Å². The Morgan fingerprint density at radius 1 is 1.83 bits per heavy atom. The van der Waals surface area contributed by atoms with Crippen LogP contribution in [0.2, 0.25) is 0 Å². The van der Waals surface area contributed by atoms with Crippen molar-refractivity contribution >= 4 is 28.3 Å². The van der Waals surface area contributed by atoms with Gasteiger partial charge in [0.2, 0.25) is 0 Å². The second kappa shape index (κ2) is 7.58. The molecule has 4 heteroatoms. The first-order valence-corrected chi connectivity index (χ1v) is 5.16. The van der Waals surface area contributed by atoms with Gasteiger partial charge in [0.05, 0.1) is 0 Å². The van der Waals surface area contributed by atoms with Gasteiger partial charge in [-0.1, -0.05) is 30.1 Å². The average Bonchev–Trinajstić information content (AvgIpc) is 2.01. The zero-order valence-electron chi connectivity index (χ0n) is 7.50. The lowest BCUT2D eigenvalue weighted by Gasteiger charge is -2.11. The van der Waals surface area contributed by atoms with Crippen LogP contribution < -0.4 is 5.32 Å². The quantitative estimate of drug-likeness (QED) is 0.422. The molecule has 0 heterocycles. The first kappa shape index (κ1) is 11.9. The van der Waals surface area contributed by atoms with E-state index in [1.165, 1.54) is 11.8 Å². The summed E-state index contributed by atoms with van der Waals surface area (Å²) < 4.78 is 6.06. The SMILES string of the molecule is C=CCNC(=S)S[C@@H](C)OCC.